The molecule has 19 heteroatoms. The molecule has 6 unspecified atom stereocenters. The number of ether oxygens (including phenoxy) is 6. The molecular weight excluding hydrogens is 566 g/mol. The van der Waals surface area contributed by atoms with E-state index >= 15 is 0 Å². The van der Waals surface area contributed by atoms with Crippen molar-refractivity contribution < 1.29 is 89.7 Å². The third-order valence-electron chi connectivity index (χ3n) is 7.15. The Balaban J connectivity index is 1.73. The Kier molecular flexibility index (Phi) is 12.5. The Morgan fingerprint density at radius 2 is 0.683 bits per heavy atom. The van der Waals surface area contributed by atoms with Crippen molar-refractivity contribution in [3.63, 3.8) is 0 Å². The normalized spacial score (nSPS) is 47.2. The first-order chi connectivity index (χ1) is 19.3. The summed E-state index contributed by atoms with van der Waals surface area (Å²) in [5, 5.41) is 119. The molecule has 0 radical (unpaired) electrons. The summed E-state index contributed by atoms with van der Waals surface area (Å²) in [5.74, 6) is 0. The minimum absolute atomic E-state index is 0.648. The fourth-order valence-corrected chi connectivity index (χ4v) is 4.48. The Morgan fingerprint density at radius 3 is 0.902 bits per heavy atom. The van der Waals surface area contributed by atoms with Crippen LogP contribution in [0.4, 0.5) is 0 Å². The van der Waals surface area contributed by atoms with Crippen molar-refractivity contribution in [2.75, 3.05) is 39.6 Å². The number of rotatable bonds is 12. The third kappa shape index (κ3) is 7.85. The first kappa shape index (κ1) is 34.7. The van der Waals surface area contributed by atoms with Crippen molar-refractivity contribution >= 4 is 0 Å². The summed E-state index contributed by atoms with van der Waals surface area (Å²) in [4.78, 5) is 0. The molecule has 0 amide bonds. The molecule has 0 aromatic carbocycles. The second kappa shape index (κ2) is 14.8. The predicted molar refractivity (Wildman–Crippen MR) is 126 cm³/mol. The monoisotopic (exact) mass is 607 g/mol. The van der Waals surface area contributed by atoms with E-state index in [9.17, 15) is 61.3 Å². The van der Waals surface area contributed by atoms with Crippen LogP contribution in [-0.4, -0.2) is 199 Å². The van der Waals surface area contributed by atoms with Gasteiger partial charge in [-0.3, -0.25) is 0 Å². The summed E-state index contributed by atoms with van der Waals surface area (Å²) in [6.07, 6.45) is -24.5. The first-order valence-corrected chi connectivity index (χ1v) is 12.8. The molecule has 14 N–H and O–H groups in total. The Labute approximate surface area is 233 Å². The fourth-order valence-electron chi connectivity index (χ4n) is 4.48. The molecular formula is C22H41NO18. The summed E-state index contributed by atoms with van der Waals surface area (Å²) >= 11 is 0. The van der Waals surface area contributed by atoms with E-state index in [4.69, 9.17) is 34.2 Å². The van der Waals surface area contributed by atoms with Crippen LogP contribution < -0.4 is 5.73 Å². The fraction of sp³-hybridized carbons (Fsp3) is 1.00. The summed E-state index contributed by atoms with van der Waals surface area (Å²) in [6.45, 7) is -4.16. The molecule has 15 atom stereocenters. The largest absolute Gasteiger partial charge is 0.394 e. The summed E-state index contributed by atoms with van der Waals surface area (Å²) in [5.41, 5.74) is 4.57. The molecule has 3 aliphatic rings. The van der Waals surface area contributed by atoms with E-state index < -0.39 is 137 Å². The van der Waals surface area contributed by atoms with Crippen molar-refractivity contribution in [1.82, 2.24) is 0 Å². The maximum absolute atomic E-state index is 10.3. The van der Waals surface area contributed by atoms with Gasteiger partial charge in [-0.15, -0.1) is 0 Å². The van der Waals surface area contributed by atoms with Crippen LogP contribution in [0.2, 0.25) is 0 Å². The lowest BCUT2D eigenvalue weighted by Gasteiger charge is -2.43. The van der Waals surface area contributed by atoms with Crippen LogP contribution in [-0.2, 0) is 28.4 Å². The van der Waals surface area contributed by atoms with Crippen LogP contribution in [0.1, 0.15) is 0 Å². The zero-order valence-electron chi connectivity index (χ0n) is 21.8. The zero-order valence-corrected chi connectivity index (χ0v) is 21.8. The molecule has 3 rings (SSSR count). The molecule has 3 saturated heterocycles. The van der Waals surface area contributed by atoms with Gasteiger partial charge in [0.05, 0.1) is 45.2 Å². The highest BCUT2D eigenvalue weighted by Gasteiger charge is 2.48. The quantitative estimate of drug-likeness (QED) is 0.0979. The van der Waals surface area contributed by atoms with E-state index in [1.165, 1.54) is 0 Å². The average molecular weight is 608 g/mol. The van der Waals surface area contributed by atoms with Crippen LogP contribution in [0, 0.1) is 0 Å². The van der Waals surface area contributed by atoms with Crippen molar-refractivity contribution in [3.8, 4) is 0 Å². The van der Waals surface area contributed by atoms with E-state index in [0.29, 0.717) is 0 Å². The van der Waals surface area contributed by atoms with Crippen LogP contribution >= 0.6 is 0 Å². The van der Waals surface area contributed by atoms with Gasteiger partial charge in [0.1, 0.15) is 73.2 Å². The van der Waals surface area contributed by atoms with Crippen molar-refractivity contribution in [2.45, 2.75) is 97.7 Å². The van der Waals surface area contributed by atoms with Gasteiger partial charge >= 0.3 is 0 Å². The minimum atomic E-state index is -1.84. The van der Waals surface area contributed by atoms with Crippen molar-refractivity contribution in [3.05, 3.63) is 0 Å². The molecule has 3 fully saturated rings. The number of aliphatic hydroxyl groups is 12. The smallest absolute Gasteiger partial charge is 0.186 e. The molecule has 0 aromatic heterocycles. The first-order valence-electron chi connectivity index (χ1n) is 12.8. The summed E-state index contributed by atoms with van der Waals surface area (Å²) in [7, 11) is 0. The number of nitrogens with two attached hydrogens (primary N) is 1. The molecule has 0 bridgehead atoms. The van der Waals surface area contributed by atoms with E-state index in [-0.39, 0.29) is 0 Å². The average Bonchev–Trinajstić information content (AvgIpc) is 2.96. The Morgan fingerprint density at radius 1 is 0.439 bits per heavy atom. The van der Waals surface area contributed by atoms with Gasteiger partial charge in [-0.05, 0) is 0 Å². The molecule has 242 valence electrons. The Hall–Kier alpha value is -0.760. The Bertz CT molecular complexity index is 694. The van der Waals surface area contributed by atoms with Crippen molar-refractivity contribution in [2.24, 2.45) is 5.73 Å². The van der Waals surface area contributed by atoms with E-state index in [1.54, 1.807) is 0 Å². The highest BCUT2D eigenvalue weighted by molar-refractivity contribution is 4.94. The van der Waals surface area contributed by atoms with Gasteiger partial charge < -0.3 is 95.4 Å². The van der Waals surface area contributed by atoms with Gasteiger partial charge in [0.2, 0.25) is 0 Å². The highest BCUT2D eigenvalue weighted by Crippen LogP contribution is 2.27. The molecule has 0 spiro atoms. The topological polar surface area (TPSA) is 324 Å². The summed E-state index contributed by atoms with van der Waals surface area (Å²) in [6, 6.07) is 0. The highest BCUT2D eigenvalue weighted by atomic mass is 16.7. The number of hydrogen-bond donors (Lipinski definition) is 13. The number of aliphatic hydroxyl groups excluding tert-OH is 12. The minimum Gasteiger partial charge on any atom is -0.394 e. The number of hydrogen-bond acceptors (Lipinski definition) is 19. The SMILES string of the molecule is NC(CO[C@@H]1OC(CO)[C@H](O)[C@H](O)C1O)(CO[C@@H]1OC(CO)[C@H](O)[C@H](O)C1O)CO[C@@H]1OC(CO)[C@H](O)[C@H](O)C1O. The molecule has 0 saturated carbocycles. The molecule has 3 aliphatic heterocycles. The molecule has 0 aliphatic carbocycles. The van der Waals surface area contributed by atoms with Gasteiger partial charge in [0, 0.05) is 0 Å². The van der Waals surface area contributed by atoms with Gasteiger partial charge in [-0.25, -0.2) is 0 Å². The van der Waals surface area contributed by atoms with E-state index in [1.807, 2.05) is 0 Å². The second-order valence-electron chi connectivity index (χ2n) is 10.4. The lowest BCUT2D eigenvalue weighted by molar-refractivity contribution is -0.322. The molecule has 41 heavy (non-hydrogen) atoms. The maximum atomic E-state index is 10.3. The molecule has 0 aromatic rings. The zero-order chi connectivity index (χ0) is 30.6. The third-order valence-corrected chi connectivity index (χ3v) is 7.15. The van der Waals surface area contributed by atoms with Gasteiger partial charge in [-0.1, -0.05) is 0 Å². The van der Waals surface area contributed by atoms with Crippen LogP contribution in [0.15, 0.2) is 0 Å². The van der Waals surface area contributed by atoms with Gasteiger partial charge in [-0.2, -0.15) is 0 Å². The van der Waals surface area contributed by atoms with E-state index in [0.717, 1.165) is 0 Å². The second-order valence-corrected chi connectivity index (χ2v) is 10.4. The maximum Gasteiger partial charge on any atom is 0.186 e. The van der Waals surface area contributed by atoms with E-state index in [2.05, 4.69) is 0 Å². The standard InChI is InChI=1S/C22H41NO18/c23-22(4-36-19-16(33)13(30)10(27)7(1-24)39-19,5-37-20-17(34)14(31)11(28)8(2-25)40-20)6-38-21-18(35)15(32)12(29)9(3-26)41-21/h7-21,24-35H,1-6,23H2/t7?,8?,9?,10-,11-,12-,13-,14-,15-,16?,17?,18?,19+,20+,21+,22?/m0/s1. The predicted octanol–water partition coefficient (Wildman–Crippen LogP) is -8.87. The van der Waals surface area contributed by atoms with Crippen molar-refractivity contribution in [1.29, 1.82) is 0 Å². The molecule has 3 heterocycles. The van der Waals surface area contributed by atoms with Crippen LogP contribution in [0.3, 0.4) is 0 Å². The lowest BCUT2D eigenvalue weighted by atomic mass is 9.98. The summed E-state index contributed by atoms with van der Waals surface area (Å²) < 4.78 is 32.3. The van der Waals surface area contributed by atoms with Gasteiger partial charge in [0.15, 0.2) is 18.9 Å². The molecule has 19 nitrogen and oxygen atoms in total. The van der Waals surface area contributed by atoms with Crippen LogP contribution in [0.25, 0.3) is 0 Å². The lowest BCUT2D eigenvalue weighted by Crippen LogP contribution is -2.63. The van der Waals surface area contributed by atoms with Crippen LogP contribution in [0.5, 0.6) is 0 Å². The van der Waals surface area contributed by atoms with Gasteiger partial charge in [0.25, 0.3) is 0 Å².